The first-order valence-corrected chi connectivity index (χ1v) is 6.00. The van der Waals surface area contributed by atoms with Gasteiger partial charge in [0.1, 0.15) is 5.82 Å². The highest BCUT2D eigenvalue weighted by Crippen LogP contribution is 2.30. The first kappa shape index (κ1) is 11.0. The Bertz CT molecular complexity index is 708. The summed E-state index contributed by atoms with van der Waals surface area (Å²) in [5, 5.41) is 2.22. The fourth-order valence-electron chi connectivity index (χ4n) is 2.31. The Morgan fingerprint density at radius 1 is 0.778 bits per heavy atom. The number of hydrogen-bond acceptors (Lipinski definition) is 0. The molecule has 18 heavy (non-hydrogen) atoms. The van der Waals surface area contributed by atoms with Crippen molar-refractivity contribution in [2.24, 2.45) is 0 Å². The van der Waals surface area contributed by atoms with E-state index >= 15 is 0 Å². The quantitative estimate of drug-likeness (QED) is 0.560. The van der Waals surface area contributed by atoms with Gasteiger partial charge in [0.15, 0.2) is 0 Å². The van der Waals surface area contributed by atoms with Gasteiger partial charge in [-0.05, 0) is 35.4 Å². The topological polar surface area (TPSA) is 0 Å². The van der Waals surface area contributed by atoms with E-state index in [1.54, 1.807) is 6.07 Å². The van der Waals surface area contributed by atoms with E-state index in [2.05, 4.69) is 0 Å². The fraction of sp³-hybridized carbons (Fsp3) is 0.0588. The molecule has 0 spiro atoms. The van der Waals surface area contributed by atoms with E-state index in [0.717, 1.165) is 21.9 Å². The van der Waals surface area contributed by atoms with Gasteiger partial charge in [0.25, 0.3) is 0 Å². The molecule has 0 N–H and O–H groups in total. The van der Waals surface area contributed by atoms with Crippen molar-refractivity contribution in [1.82, 2.24) is 0 Å². The van der Waals surface area contributed by atoms with E-state index in [0.29, 0.717) is 5.56 Å². The first-order valence-electron chi connectivity index (χ1n) is 6.00. The van der Waals surface area contributed by atoms with E-state index in [1.807, 2.05) is 55.5 Å². The largest absolute Gasteiger partial charge is 0.206 e. The van der Waals surface area contributed by atoms with E-state index in [4.69, 9.17) is 0 Å². The maximum absolute atomic E-state index is 14.0. The van der Waals surface area contributed by atoms with Crippen LogP contribution in [0.3, 0.4) is 0 Å². The SMILES string of the molecule is Cc1ccc(F)c(-c2cccc3ccccc23)c1. The summed E-state index contributed by atoms with van der Waals surface area (Å²) in [6.45, 7) is 1.98. The minimum absolute atomic E-state index is 0.169. The zero-order valence-corrected chi connectivity index (χ0v) is 10.2. The summed E-state index contributed by atoms with van der Waals surface area (Å²) < 4.78 is 14.0. The Morgan fingerprint density at radius 2 is 1.56 bits per heavy atom. The van der Waals surface area contributed by atoms with Gasteiger partial charge in [-0.2, -0.15) is 0 Å². The second-order valence-corrected chi connectivity index (χ2v) is 4.51. The fourth-order valence-corrected chi connectivity index (χ4v) is 2.31. The highest BCUT2D eigenvalue weighted by molar-refractivity contribution is 5.96. The van der Waals surface area contributed by atoms with Gasteiger partial charge in [-0.15, -0.1) is 0 Å². The van der Waals surface area contributed by atoms with E-state index < -0.39 is 0 Å². The molecular weight excluding hydrogens is 223 g/mol. The van der Waals surface area contributed by atoms with Crippen molar-refractivity contribution < 1.29 is 4.39 Å². The van der Waals surface area contributed by atoms with Gasteiger partial charge in [0.05, 0.1) is 0 Å². The third-order valence-corrected chi connectivity index (χ3v) is 3.20. The summed E-state index contributed by atoms with van der Waals surface area (Å²) >= 11 is 0. The molecule has 0 aliphatic carbocycles. The molecule has 0 fully saturated rings. The maximum atomic E-state index is 14.0. The van der Waals surface area contributed by atoms with Gasteiger partial charge in [0, 0.05) is 5.56 Å². The molecule has 1 heteroatoms. The van der Waals surface area contributed by atoms with Crippen molar-refractivity contribution in [3.8, 4) is 11.1 Å². The molecule has 0 aliphatic heterocycles. The zero-order valence-electron chi connectivity index (χ0n) is 10.2. The van der Waals surface area contributed by atoms with Crippen molar-refractivity contribution in [3.05, 3.63) is 72.0 Å². The molecule has 0 aromatic heterocycles. The molecule has 0 atom stereocenters. The summed E-state index contributed by atoms with van der Waals surface area (Å²) in [5.41, 5.74) is 2.69. The van der Waals surface area contributed by atoms with Crippen molar-refractivity contribution >= 4 is 10.8 Å². The van der Waals surface area contributed by atoms with Crippen LogP contribution in [0.4, 0.5) is 4.39 Å². The molecular formula is C17H13F. The van der Waals surface area contributed by atoms with E-state index in [-0.39, 0.29) is 5.82 Å². The average molecular weight is 236 g/mol. The van der Waals surface area contributed by atoms with Crippen LogP contribution >= 0.6 is 0 Å². The number of aryl methyl sites for hydroxylation is 1. The summed E-state index contributed by atoms with van der Waals surface area (Å²) in [5.74, 6) is -0.169. The van der Waals surface area contributed by atoms with Crippen molar-refractivity contribution in [2.45, 2.75) is 6.92 Å². The monoisotopic (exact) mass is 236 g/mol. The van der Waals surface area contributed by atoms with Crippen LogP contribution in [0.5, 0.6) is 0 Å². The molecule has 0 radical (unpaired) electrons. The van der Waals surface area contributed by atoms with Crippen LogP contribution in [0.1, 0.15) is 5.56 Å². The molecule has 0 saturated carbocycles. The van der Waals surface area contributed by atoms with E-state index in [1.165, 1.54) is 6.07 Å². The molecule has 0 unspecified atom stereocenters. The molecule has 3 aromatic rings. The highest BCUT2D eigenvalue weighted by Gasteiger charge is 2.08. The Kier molecular flexibility index (Phi) is 2.60. The predicted molar refractivity (Wildman–Crippen MR) is 74.1 cm³/mol. The predicted octanol–water partition coefficient (Wildman–Crippen LogP) is 4.95. The number of hydrogen-bond donors (Lipinski definition) is 0. The summed E-state index contributed by atoms with van der Waals surface area (Å²) in [7, 11) is 0. The molecule has 0 saturated heterocycles. The zero-order chi connectivity index (χ0) is 12.5. The molecule has 0 aliphatic rings. The Balaban J connectivity index is 2.35. The molecule has 3 aromatic carbocycles. The van der Waals surface area contributed by atoms with Gasteiger partial charge in [-0.25, -0.2) is 4.39 Å². The number of halogens is 1. The Hall–Kier alpha value is -2.15. The van der Waals surface area contributed by atoms with Crippen LogP contribution in [0.2, 0.25) is 0 Å². The van der Waals surface area contributed by atoms with Gasteiger partial charge in [-0.1, -0.05) is 54.1 Å². The summed E-state index contributed by atoms with van der Waals surface area (Å²) in [4.78, 5) is 0. The van der Waals surface area contributed by atoms with Gasteiger partial charge < -0.3 is 0 Å². The highest BCUT2D eigenvalue weighted by atomic mass is 19.1. The lowest BCUT2D eigenvalue weighted by molar-refractivity contribution is 0.631. The second-order valence-electron chi connectivity index (χ2n) is 4.51. The Morgan fingerprint density at radius 3 is 2.44 bits per heavy atom. The Labute approximate surface area is 106 Å². The van der Waals surface area contributed by atoms with Crippen LogP contribution in [0.15, 0.2) is 60.7 Å². The lowest BCUT2D eigenvalue weighted by Crippen LogP contribution is -1.87. The number of fused-ring (bicyclic) bond motifs is 1. The van der Waals surface area contributed by atoms with Crippen LogP contribution in [0.25, 0.3) is 21.9 Å². The normalized spacial score (nSPS) is 10.8. The number of benzene rings is 3. The molecule has 0 bridgehead atoms. The maximum Gasteiger partial charge on any atom is 0.131 e. The summed E-state index contributed by atoms with van der Waals surface area (Å²) in [6, 6.07) is 19.3. The van der Waals surface area contributed by atoms with Crippen LogP contribution < -0.4 is 0 Å². The van der Waals surface area contributed by atoms with Crippen LogP contribution in [-0.2, 0) is 0 Å². The van der Waals surface area contributed by atoms with Crippen LogP contribution in [-0.4, -0.2) is 0 Å². The lowest BCUT2D eigenvalue weighted by atomic mass is 9.97. The minimum atomic E-state index is -0.169. The van der Waals surface area contributed by atoms with Gasteiger partial charge in [-0.3, -0.25) is 0 Å². The first-order chi connectivity index (χ1) is 8.75. The molecule has 0 amide bonds. The molecule has 3 rings (SSSR count). The smallest absolute Gasteiger partial charge is 0.131 e. The van der Waals surface area contributed by atoms with Crippen LogP contribution in [0, 0.1) is 12.7 Å². The molecule has 0 heterocycles. The third kappa shape index (κ3) is 1.78. The van der Waals surface area contributed by atoms with Gasteiger partial charge in [0.2, 0.25) is 0 Å². The lowest BCUT2D eigenvalue weighted by Gasteiger charge is -2.08. The number of rotatable bonds is 1. The van der Waals surface area contributed by atoms with Gasteiger partial charge >= 0.3 is 0 Å². The van der Waals surface area contributed by atoms with Crippen molar-refractivity contribution in [1.29, 1.82) is 0 Å². The van der Waals surface area contributed by atoms with E-state index in [9.17, 15) is 4.39 Å². The van der Waals surface area contributed by atoms with Crippen molar-refractivity contribution in [3.63, 3.8) is 0 Å². The molecule has 0 nitrogen and oxygen atoms in total. The average Bonchev–Trinajstić information content (AvgIpc) is 2.41. The standard InChI is InChI=1S/C17H13F/c1-12-9-10-17(18)16(11-12)15-8-4-6-13-5-2-3-7-14(13)15/h2-11H,1H3. The van der Waals surface area contributed by atoms with Crippen molar-refractivity contribution in [2.75, 3.05) is 0 Å². The second kappa shape index (κ2) is 4.26. The molecule has 88 valence electrons. The third-order valence-electron chi connectivity index (χ3n) is 3.20. The summed E-state index contributed by atoms with van der Waals surface area (Å²) in [6.07, 6.45) is 0. The minimum Gasteiger partial charge on any atom is -0.206 e.